The number of carbonyl (C=O) groups excluding carboxylic acids is 1. The van der Waals surface area contributed by atoms with Gasteiger partial charge in [0, 0.05) is 6.54 Å². The smallest absolute Gasteiger partial charge is 0.309 e. The zero-order chi connectivity index (χ0) is 12.6. The van der Waals surface area contributed by atoms with Crippen molar-refractivity contribution in [2.45, 2.75) is 20.3 Å². The molecule has 0 heterocycles. The largest absolute Gasteiger partial charge is 0.466 e. The second kappa shape index (κ2) is 8.53. The lowest BCUT2D eigenvalue weighted by atomic mass is 10.1. The molecule has 0 aromatic carbocycles. The van der Waals surface area contributed by atoms with Gasteiger partial charge in [-0.15, -0.1) is 0 Å². The summed E-state index contributed by atoms with van der Waals surface area (Å²) in [4.78, 5) is 15.8. The van der Waals surface area contributed by atoms with E-state index >= 15 is 0 Å². The number of ether oxygens (including phenoxy) is 1. The quantitative estimate of drug-likeness (QED) is 0.584. The molecule has 1 unspecified atom stereocenters. The van der Waals surface area contributed by atoms with E-state index in [0.29, 0.717) is 6.61 Å². The summed E-state index contributed by atoms with van der Waals surface area (Å²) < 4.78 is 4.97. The zero-order valence-electron chi connectivity index (χ0n) is 11.3. The van der Waals surface area contributed by atoms with Crippen LogP contribution in [0.1, 0.15) is 20.3 Å². The van der Waals surface area contributed by atoms with E-state index in [1.165, 1.54) is 0 Å². The third-order valence-electron chi connectivity index (χ3n) is 2.42. The predicted molar refractivity (Wildman–Crippen MR) is 66.5 cm³/mol. The third-order valence-corrected chi connectivity index (χ3v) is 2.42. The number of hydrogen-bond acceptors (Lipinski definition) is 4. The Morgan fingerprint density at radius 1 is 1.25 bits per heavy atom. The van der Waals surface area contributed by atoms with E-state index in [1.807, 2.05) is 20.9 Å². The van der Waals surface area contributed by atoms with Crippen LogP contribution in [-0.4, -0.2) is 63.2 Å². The van der Waals surface area contributed by atoms with Gasteiger partial charge in [0.1, 0.15) is 0 Å². The van der Waals surface area contributed by atoms with Crippen molar-refractivity contribution in [1.29, 1.82) is 0 Å². The van der Waals surface area contributed by atoms with E-state index in [-0.39, 0.29) is 11.9 Å². The summed E-state index contributed by atoms with van der Waals surface area (Å²) in [6, 6.07) is 0. The van der Waals surface area contributed by atoms with E-state index < -0.39 is 0 Å². The van der Waals surface area contributed by atoms with E-state index in [1.54, 1.807) is 0 Å². The molecular formula is C12H26N2O2. The lowest BCUT2D eigenvalue weighted by molar-refractivity contribution is -0.147. The first-order valence-corrected chi connectivity index (χ1v) is 5.97. The van der Waals surface area contributed by atoms with Gasteiger partial charge in [0.05, 0.1) is 12.5 Å². The van der Waals surface area contributed by atoms with Crippen LogP contribution in [0.2, 0.25) is 0 Å². The van der Waals surface area contributed by atoms with Gasteiger partial charge in [-0.05, 0) is 47.6 Å². The van der Waals surface area contributed by atoms with Gasteiger partial charge in [-0.2, -0.15) is 0 Å². The Bertz CT molecular complexity index is 195. The summed E-state index contributed by atoms with van der Waals surface area (Å²) in [5.41, 5.74) is 0. The van der Waals surface area contributed by atoms with Crippen molar-refractivity contribution in [2.24, 2.45) is 5.92 Å². The van der Waals surface area contributed by atoms with Crippen molar-refractivity contribution in [2.75, 3.05) is 47.4 Å². The predicted octanol–water partition coefficient (Wildman–Crippen LogP) is 1.07. The Hall–Kier alpha value is -0.610. The molecule has 0 N–H and O–H groups in total. The van der Waals surface area contributed by atoms with E-state index in [0.717, 1.165) is 26.1 Å². The van der Waals surface area contributed by atoms with Crippen LogP contribution in [0.4, 0.5) is 0 Å². The molecule has 0 aliphatic rings. The summed E-state index contributed by atoms with van der Waals surface area (Å²) in [6.07, 6.45) is 1.12. The molecule has 0 aromatic heterocycles. The summed E-state index contributed by atoms with van der Waals surface area (Å²) in [7, 11) is 6.19. The summed E-state index contributed by atoms with van der Waals surface area (Å²) in [5, 5.41) is 0. The van der Waals surface area contributed by atoms with Crippen LogP contribution in [-0.2, 0) is 9.53 Å². The molecule has 0 saturated heterocycles. The monoisotopic (exact) mass is 230 g/mol. The lowest BCUT2D eigenvalue weighted by Crippen LogP contribution is -2.31. The first kappa shape index (κ1) is 15.4. The van der Waals surface area contributed by atoms with Crippen LogP contribution in [0.3, 0.4) is 0 Å². The molecule has 0 saturated carbocycles. The van der Waals surface area contributed by atoms with Gasteiger partial charge < -0.3 is 14.5 Å². The minimum Gasteiger partial charge on any atom is -0.466 e. The summed E-state index contributed by atoms with van der Waals surface area (Å²) >= 11 is 0. The van der Waals surface area contributed by atoms with Gasteiger partial charge in [0.2, 0.25) is 0 Å². The molecular weight excluding hydrogens is 204 g/mol. The molecule has 0 rings (SSSR count). The molecule has 96 valence electrons. The Morgan fingerprint density at radius 2 is 1.88 bits per heavy atom. The molecule has 0 fully saturated rings. The van der Waals surface area contributed by atoms with Gasteiger partial charge in [-0.25, -0.2) is 0 Å². The highest BCUT2D eigenvalue weighted by atomic mass is 16.5. The van der Waals surface area contributed by atoms with E-state index in [9.17, 15) is 4.79 Å². The number of rotatable bonds is 8. The highest BCUT2D eigenvalue weighted by Crippen LogP contribution is 2.02. The number of hydrogen-bond donors (Lipinski definition) is 0. The normalized spacial score (nSPS) is 13.2. The fourth-order valence-corrected chi connectivity index (χ4v) is 1.57. The van der Waals surface area contributed by atoms with Crippen LogP contribution < -0.4 is 0 Å². The van der Waals surface area contributed by atoms with Crippen molar-refractivity contribution in [3.05, 3.63) is 0 Å². The summed E-state index contributed by atoms with van der Waals surface area (Å²) in [6.45, 7) is 7.09. The average Bonchev–Trinajstić information content (AvgIpc) is 2.17. The molecule has 0 aliphatic carbocycles. The minimum atomic E-state index is -0.0954. The van der Waals surface area contributed by atoms with Crippen LogP contribution in [0.5, 0.6) is 0 Å². The maximum Gasteiger partial charge on any atom is 0.309 e. The van der Waals surface area contributed by atoms with Crippen molar-refractivity contribution in [3.63, 3.8) is 0 Å². The van der Waals surface area contributed by atoms with Crippen LogP contribution in [0, 0.1) is 5.92 Å². The van der Waals surface area contributed by atoms with Crippen LogP contribution in [0.25, 0.3) is 0 Å². The Morgan fingerprint density at radius 3 is 2.38 bits per heavy atom. The van der Waals surface area contributed by atoms with Gasteiger partial charge in [-0.1, -0.05) is 6.92 Å². The number of carbonyl (C=O) groups is 1. The molecule has 0 amide bonds. The topological polar surface area (TPSA) is 32.8 Å². The highest BCUT2D eigenvalue weighted by Gasteiger charge is 2.15. The molecule has 0 aliphatic heterocycles. The molecule has 0 bridgehead atoms. The summed E-state index contributed by atoms with van der Waals surface area (Å²) in [5.74, 6) is -0.133. The maximum absolute atomic E-state index is 11.4. The van der Waals surface area contributed by atoms with Crippen molar-refractivity contribution in [3.8, 4) is 0 Å². The minimum absolute atomic E-state index is 0.0377. The second-order valence-corrected chi connectivity index (χ2v) is 4.57. The first-order valence-electron chi connectivity index (χ1n) is 5.97. The molecule has 4 heteroatoms. The lowest BCUT2D eigenvalue weighted by Gasteiger charge is -2.21. The van der Waals surface area contributed by atoms with E-state index in [2.05, 4.69) is 23.9 Å². The zero-order valence-corrected chi connectivity index (χ0v) is 11.3. The first-order chi connectivity index (χ1) is 7.47. The molecule has 16 heavy (non-hydrogen) atoms. The van der Waals surface area contributed by atoms with Crippen molar-refractivity contribution in [1.82, 2.24) is 9.80 Å². The Kier molecular flexibility index (Phi) is 8.21. The SMILES string of the molecule is CCOC(=O)C(C)CN(C)CCCN(C)C. The van der Waals surface area contributed by atoms with E-state index in [4.69, 9.17) is 4.74 Å². The standard InChI is InChI=1S/C12H26N2O2/c1-6-16-12(15)11(2)10-14(5)9-7-8-13(3)4/h11H,6-10H2,1-5H3. The fraction of sp³-hybridized carbons (Fsp3) is 0.917. The van der Waals surface area contributed by atoms with Gasteiger partial charge in [-0.3, -0.25) is 4.79 Å². The van der Waals surface area contributed by atoms with Gasteiger partial charge in [0.25, 0.3) is 0 Å². The van der Waals surface area contributed by atoms with Crippen molar-refractivity contribution < 1.29 is 9.53 Å². The van der Waals surface area contributed by atoms with Gasteiger partial charge in [0.15, 0.2) is 0 Å². The molecule has 0 spiro atoms. The second-order valence-electron chi connectivity index (χ2n) is 4.57. The average molecular weight is 230 g/mol. The molecule has 4 nitrogen and oxygen atoms in total. The fourth-order valence-electron chi connectivity index (χ4n) is 1.57. The Balaban J connectivity index is 3.69. The third kappa shape index (κ3) is 7.65. The van der Waals surface area contributed by atoms with Gasteiger partial charge >= 0.3 is 5.97 Å². The number of nitrogens with zero attached hydrogens (tertiary/aromatic N) is 2. The molecule has 0 radical (unpaired) electrons. The molecule has 1 atom stereocenters. The maximum atomic E-state index is 11.4. The Labute approximate surface area is 99.5 Å². The highest BCUT2D eigenvalue weighted by molar-refractivity contribution is 5.72. The van der Waals surface area contributed by atoms with Crippen LogP contribution in [0.15, 0.2) is 0 Å². The number of esters is 1. The van der Waals surface area contributed by atoms with Crippen LogP contribution >= 0.6 is 0 Å². The molecule has 0 aromatic rings. The van der Waals surface area contributed by atoms with Crippen molar-refractivity contribution >= 4 is 5.97 Å².